The highest BCUT2D eigenvalue weighted by molar-refractivity contribution is 6.14. The van der Waals surface area contributed by atoms with Crippen molar-refractivity contribution in [3.63, 3.8) is 0 Å². The summed E-state index contributed by atoms with van der Waals surface area (Å²) in [6, 6.07) is 20.2. The third-order valence-electron chi connectivity index (χ3n) is 5.10. The maximum Gasteiger partial charge on any atom is 0.335 e. The van der Waals surface area contributed by atoms with Gasteiger partial charge in [-0.1, -0.05) is 30.3 Å². The number of carboxylic acids is 1. The molecular weight excluding hydrogens is 368 g/mol. The molecular formula is C24H14O5. The quantitative estimate of drug-likeness (QED) is 0.327. The average Bonchev–Trinajstić information content (AvgIpc) is 2.72. The molecule has 3 aromatic carbocycles. The molecule has 0 aromatic heterocycles. The van der Waals surface area contributed by atoms with Gasteiger partial charge in [0, 0.05) is 22.6 Å². The first-order valence-electron chi connectivity index (χ1n) is 8.98. The van der Waals surface area contributed by atoms with E-state index in [2.05, 4.69) is 0 Å². The van der Waals surface area contributed by atoms with E-state index in [9.17, 15) is 19.8 Å². The van der Waals surface area contributed by atoms with Gasteiger partial charge in [0.1, 0.15) is 17.1 Å². The van der Waals surface area contributed by atoms with Crippen LogP contribution < -0.4 is 5.43 Å². The summed E-state index contributed by atoms with van der Waals surface area (Å²) in [6.07, 6.45) is 0. The highest BCUT2D eigenvalue weighted by Gasteiger charge is 2.20. The Bertz CT molecular complexity index is 1440. The lowest BCUT2D eigenvalue weighted by atomic mass is 9.92. The molecule has 0 amide bonds. The molecule has 0 saturated heterocycles. The monoisotopic (exact) mass is 382 g/mol. The van der Waals surface area contributed by atoms with E-state index in [4.69, 9.17) is 4.42 Å². The van der Waals surface area contributed by atoms with Gasteiger partial charge in [-0.25, -0.2) is 4.79 Å². The van der Waals surface area contributed by atoms with Gasteiger partial charge in [0.15, 0.2) is 5.43 Å². The highest BCUT2D eigenvalue weighted by Crippen LogP contribution is 2.43. The van der Waals surface area contributed by atoms with Crippen molar-refractivity contribution >= 4 is 27.7 Å². The molecule has 0 spiro atoms. The van der Waals surface area contributed by atoms with Gasteiger partial charge >= 0.3 is 5.97 Å². The molecule has 0 bridgehead atoms. The molecule has 2 aliphatic rings. The Morgan fingerprint density at radius 3 is 2.45 bits per heavy atom. The fourth-order valence-electron chi connectivity index (χ4n) is 3.77. The van der Waals surface area contributed by atoms with E-state index in [0.717, 1.165) is 27.5 Å². The molecule has 1 aliphatic carbocycles. The predicted molar refractivity (Wildman–Crippen MR) is 111 cm³/mol. The molecule has 3 aromatic rings. The maximum absolute atomic E-state index is 11.9. The van der Waals surface area contributed by atoms with Crippen LogP contribution in [-0.2, 0) is 0 Å². The molecule has 5 rings (SSSR count). The standard InChI is InChI=1S/C24H14O5/c25-16-9-11-17-20(12-16)29-23-18(10-8-13-2-1-3-19(26)22(13)23)21(17)14-4-6-15(7-5-14)24(27)28/h1-12,26H,(H,27,28). The molecule has 0 unspecified atom stereocenters. The highest BCUT2D eigenvalue weighted by atomic mass is 16.4. The molecule has 5 heteroatoms. The van der Waals surface area contributed by atoms with Crippen LogP contribution >= 0.6 is 0 Å². The number of benzene rings is 4. The zero-order valence-corrected chi connectivity index (χ0v) is 15.0. The first kappa shape index (κ1) is 17.0. The maximum atomic E-state index is 11.9. The van der Waals surface area contributed by atoms with Crippen LogP contribution in [-0.4, -0.2) is 16.2 Å². The third kappa shape index (κ3) is 2.63. The van der Waals surface area contributed by atoms with Crippen LogP contribution in [0.1, 0.15) is 10.4 Å². The molecule has 0 radical (unpaired) electrons. The number of phenols is 1. The number of phenolic OH excluding ortho intramolecular Hbond substituents is 1. The van der Waals surface area contributed by atoms with E-state index in [1.165, 1.54) is 12.1 Å². The smallest absolute Gasteiger partial charge is 0.335 e. The Kier molecular flexibility index (Phi) is 3.64. The summed E-state index contributed by atoms with van der Waals surface area (Å²) in [4.78, 5) is 23.2. The lowest BCUT2D eigenvalue weighted by Gasteiger charge is -2.16. The van der Waals surface area contributed by atoms with Crippen LogP contribution in [0.4, 0.5) is 0 Å². The Balaban J connectivity index is 1.96. The van der Waals surface area contributed by atoms with Crippen LogP contribution in [0, 0.1) is 0 Å². The minimum absolute atomic E-state index is 0.0849. The van der Waals surface area contributed by atoms with E-state index in [0.29, 0.717) is 16.7 Å². The molecule has 0 atom stereocenters. The van der Waals surface area contributed by atoms with Crippen LogP contribution in [0.25, 0.3) is 44.2 Å². The SMILES string of the molecule is O=C(O)c1ccc(-c2c3ccc(=O)cc-3oc3c2ccc2cccc(O)c23)cc1. The van der Waals surface area contributed by atoms with Crippen LogP contribution in [0.15, 0.2) is 82.0 Å². The fourth-order valence-corrected chi connectivity index (χ4v) is 3.77. The van der Waals surface area contributed by atoms with Gasteiger partial charge in [0.25, 0.3) is 0 Å². The second kappa shape index (κ2) is 6.21. The summed E-state index contributed by atoms with van der Waals surface area (Å²) in [5.74, 6) is -0.513. The molecule has 2 N–H and O–H groups in total. The number of rotatable bonds is 2. The molecule has 0 fully saturated rings. The number of carbonyl (C=O) groups is 1. The van der Waals surface area contributed by atoms with Crippen LogP contribution in [0.2, 0.25) is 0 Å². The Hall–Kier alpha value is -4.12. The minimum Gasteiger partial charge on any atom is -0.507 e. The van der Waals surface area contributed by atoms with Gasteiger partial charge in [-0.3, -0.25) is 4.79 Å². The van der Waals surface area contributed by atoms with Crippen molar-refractivity contribution in [2.45, 2.75) is 0 Å². The van der Waals surface area contributed by atoms with Gasteiger partial charge in [-0.15, -0.1) is 0 Å². The summed E-state index contributed by atoms with van der Waals surface area (Å²) in [7, 11) is 0. The lowest BCUT2D eigenvalue weighted by molar-refractivity contribution is 0.0697. The second-order valence-electron chi connectivity index (χ2n) is 6.84. The van der Waals surface area contributed by atoms with E-state index < -0.39 is 5.97 Å². The summed E-state index contributed by atoms with van der Waals surface area (Å²) >= 11 is 0. The number of fused-ring (bicyclic) bond motifs is 4. The van der Waals surface area contributed by atoms with Crippen molar-refractivity contribution in [1.29, 1.82) is 0 Å². The number of hydrogen-bond acceptors (Lipinski definition) is 4. The fraction of sp³-hybridized carbons (Fsp3) is 0. The van der Waals surface area contributed by atoms with E-state index in [1.807, 2.05) is 18.2 Å². The average molecular weight is 382 g/mol. The summed E-state index contributed by atoms with van der Waals surface area (Å²) in [5.41, 5.74) is 2.80. The van der Waals surface area contributed by atoms with Crippen molar-refractivity contribution < 1.29 is 19.4 Å². The summed E-state index contributed by atoms with van der Waals surface area (Å²) in [5, 5.41) is 21.8. The van der Waals surface area contributed by atoms with E-state index in [1.54, 1.807) is 42.5 Å². The van der Waals surface area contributed by atoms with Gasteiger partial charge in [0.05, 0.1) is 10.9 Å². The van der Waals surface area contributed by atoms with Crippen molar-refractivity contribution in [1.82, 2.24) is 0 Å². The second-order valence-corrected chi connectivity index (χ2v) is 6.84. The lowest BCUT2D eigenvalue weighted by Crippen LogP contribution is -2.00. The number of hydrogen-bond donors (Lipinski definition) is 2. The Morgan fingerprint density at radius 1 is 0.897 bits per heavy atom. The predicted octanol–water partition coefficient (Wildman–Crippen LogP) is 5.12. The van der Waals surface area contributed by atoms with Crippen molar-refractivity contribution in [2.24, 2.45) is 0 Å². The number of aromatic hydroxyl groups is 1. The molecule has 29 heavy (non-hydrogen) atoms. The van der Waals surface area contributed by atoms with E-state index in [-0.39, 0.29) is 16.7 Å². The van der Waals surface area contributed by atoms with Crippen LogP contribution in [0.3, 0.4) is 0 Å². The van der Waals surface area contributed by atoms with E-state index >= 15 is 0 Å². The van der Waals surface area contributed by atoms with Crippen molar-refractivity contribution in [2.75, 3.05) is 0 Å². The van der Waals surface area contributed by atoms with Gasteiger partial charge < -0.3 is 14.6 Å². The topological polar surface area (TPSA) is 87.7 Å². The van der Waals surface area contributed by atoms with Gasteiger partial charge in [-0.05, 0) is 47.3 Å². The summed E-state index contributed by atoms with van der Waals surface area (Å²) in [6.45, 7) is 0. The molecule has 1 aliphatic heterocycles. The first-order chi connectivity index (χ1) is 14.0. The number of carboxylic acid groups (broad SMARTS) is 1. The zero-order valence-electron chi connectivity index (χ0n) is 15.0. The van der Waals surface area contributed by atoms with Gasteiger partial charge in [0.2, 0.25) is 0 Å². The summed E-state index contributed by atoms with van der Waals surface area (Å²) < 4.78 is 6.09. The zero-order chi connectivity index (χ0) is 20.1. The first-order valence-corrected chi connectivity index (χ1v) is 8.98. The number of aromatic carboxylic acids is 1. The molecule has 140 valence electrons. The largest absolute Gasteiger partial charge is 0.507 e. The molecule has 0 saturated carbocycles. The van der Waals surface area contributed by atoms with Crippen molar-refractivity contribution in [3.05, 3.63) is 88.6 Å². The molecule has 5 nitrogen and oxygen atoms in total. The van der Waals surface area contributed by atoms with Crippen molar-refractivity contribution in [3.8, 4) is 28.2 Å². The van der Waals surface area contributed by atoms with Crippen LogP contribution in [0.5, 0.6) is 5.75 Å². The Morgan fingerprint density at radius 2 is 1.69 bits per heavy atom. The molecule has 1 heterocycles. The van der Waals surface area contributed by atoms with Gasteiger partial charge in [-0.2, -0.15) is 0 Å². The normalized spacial score (nSPS) is 11.3. The third-order valence-corrected chi connectivity index (χ3v) is 5.10. The Labute approximate surface area is 164 Å². The minimum atomic E-state index is -0.999.